The molecule has 1 saturated heterocycles. The quantitative estimate of drug-likeness (QED) is 0.204. The zero-order valence-corrected chi connectivity index (χ0v) is 18.5. The number of alkyl carbamates (subject to hydrolysis) is 1. The fraction of sp³-hybridized carbons (Fsp3) is 0.632. The molecule has 0 aromatic rings. The largest absolute Gasteiger partial charge is 0.436 e. The third-order valence-electron chi connectivity index (χ3n) is 3.55. The van der Waals surface area contributed by atoms with Crippen molar-refractivity contribution in [2.45, 2.75) is 19.0 Å². The number of hydrogen-bond donors (Lipinski definition) is 1. The molecule has 0 spiro atoms. The summed E-state index contributed by atoms with van der Waals surface area (Å²) in [4.78, 5) is 35.7. The minimum Gasteiger partial charge on any atom is -0.436 e. The van der Waals surface area contributed by atoms with E-state index < -0.39 is 6.09 Å². The van der Waals surface area contributed by atoms with Crippen LogP contribution in [0.4, 0.5) is 4.79 Å². The number of rotatable bonds is 12. The Bertz CT molecular complexity index is 667. The summed E-state index contributed by atoms with van der Waals surface area (Å²) < 4.78 is 15.7. The van der Waals surface area contributed by atoms with Gasteiger partial charge in [0.2, 0.25) is 11.8 Å². The van der Waals surface area contributed by atoms with Gasteiger partial charge in [-0.2, -0.15) is 0 Å². The van der Waals surface area contributed by atoms with Gasteiger partial charge in [0.1, 0.15) is 0 Å². The molecule has 8 nitrogen and oxygen atoms in total. The van der Waals surface area contributed by atoms with E-state index in [-0.39, 0.29) is 43.6 Å². The molecule has 2 unspecified atom stereocenters. The first-order valence-corrected chi connectivity index (χ1v) is 11.0. The summed E-state index contributed by atoms with van der Waals surface area (Å²) in [5.74, 6) is 12.1. The smallest absolute Gasteiger partial charge is 0.408 e. The Balaban J connectivity index is 1.87. The number of amides is 3. The van der Waals surface area contributed by atoms with E-state index in [1.165, 1.54) is 4.90 Å². The molecule has 1 aliphatic rings. The molecule has 0 aliphatic carbocycles. The summed E-state index contributed by atoms with van der Waals surface area (Å²) in [5, 5.41) is 2.48. The van der Waals surface area contributed by atoms with E-state index in [1.54, 1.807) is 18.7 Å². The first-order valence-electron chi connectivity index (χ1n) is 9.15. The number of nitrogens with zero attached hydrogens (tertiary/aromatic N) is 1. The molecule has 0 radical (unpaired) electrons. The van der Waals surface area contributed by atoms with E-state index in [0.717, 1.165) is 5.75 Å². The second-order valence-electron chi connectivity index (χ2n) is 5.68. The lowest BCUT2D eigenvalue weighted by molar-refractivity contribution is -0.139. The number of hydrogen-bond acceptors (Lipinski definition) is 7. The molecular formula is C19H27N2O6PS. The molecule has 0 aromatic carbocycles. The molecule has 0 aromatic heterocycles. The third kappa shape index (κ3) is 11.7. The Labute approximate surface area is 178 Å². The Morgan fingerprint density at radius 2 is 1.97 bits per heavy atom. The molecule has 1 heterocycles. The Morgan fingerprint density at radius 3 is 2.66 bits per heavy atom. The summed E-state index contributed by atoms with van der Waals surface area (Å²) in [5.41, 5.74) is -0.300. The van der Waals surface area contributed by atoms with Crippen LogP contribution in [0.1, 0.15) is 13.3 Å². The summed E-state index contributed by atoms with van der Waals surface area (Å²) in [6.07, 6.45) is -0.274. The van der Waals surface area contributed by atoms with Crippen molar-refractivity contribution in [3.8, 4) is 23.7 Å². The molecule has 0 bridgehead atoms. The van der Waals surface area contributed by atoms with Crippen LogP contribution in [0.15, 0.2) is 0 Å². The lowest BCUT2D eigenvalue weighted by Gasteiger charge is -2.14. The van der Waals surface area contributed by atoms with Crippen LogP contribution in [0.3, 0.4) is 0 Å². The minimum absolute atomic E-state index is 0.0478. The van der Waals surface area contributed by atoms with Crippen LogP contribution in [0.5, 0.6) is 0 Å². The van der Waals surface area contributed by atoms with E-state index in [1.807, 2.05) is 0 Å². The number of carbonyl (C=O) groups excluding carboxylic acids is 3. The van der Waals surface area contributed by atoms with Gasteiger partial charge in [-0.25, -0.2) is 4.79 Å². The summed E-state index contributed by atoms with van der Waals surface area (Å²) >= 11 is 1.62. The lowest BCUT2D eigenvalue weighted by atomic mass is 10.4. The molecule has 0 saturated carbocycles. The van der Waals surface area contributed by atoms with Gasteiger partial charge >= 0.3 is 6.09 Å². The monoisotopic (exact) mass is 442 g/mol. The van der Waals surface area contributed by atoms with Crippen molar-refractivity contribution in [3.63, 3.8) is 0 Å². The summed E-state index contributed by atoms with van der Waals surface area (Å²) in [6.45, 7) is 4.04. The van der Waals surface area contributed by atoms with Gasteiger partial charge < -0.3 is 19.5 Å². The maximum Gasteiger partial charge on any atom is 0.408 e. The van der Waals surface area contributed by atoms with Crippen molar-refractivity contribution >= 4 is 38.9 Å². The molecule has 29 heavy (non-hydrogen) atoms. The first-order chi connectivity index (χ1) is 14.1. The van der Waals surface area contributed by atoms with E-state index in [0.29, 0.717) is 32.2 Å². The number of nitrogens with one attached hydrogen (secondary N) is 1. The third-order valence-corrected chi connectivity index (χ3v) is 4.88. The average molecular weight is 442 g/mol. The van der Waals surface area contributed by atoms with Gasteiger partial charge in [0, 0.05) is 12.2 Å². The van der Waals surface area contributed by atoms with Gasteiger partial charge in [0.05, 0.1) is 50.9 Å². The minimum atomic E-state index is -0.530. The number of carbonyl (C=O) groups is 3. The van der Waals surface area contributed by atoms with Crippen LogP contribution < -0.4 is 5.32 Å². The van der Waals surface area contributed by atoms with Crippen LogP contribution >= 0.6 is 21.0 Å². The van der Waals surface area contributed by atoms with Crippen molar-refractivity contribution in [1.82, 2.24) is 10.2 Å². The average Bonchev–Trinajstić information content (AvgIpc) is 2.94. The van der Waals surface area contributed by atoms with E-state index >= 15 is 0 Å². The number of likely N-dealkylation sites (tertiary alicyclic amines) is 1. The highest BCUT2D eigenvalue weighted by atomic mass is 32.2. The normalized spacial score (nSPS) is 15.4. The first kappa shape index (κ1) is 25.3. The fourth-order valence-electron chi connectivity index (χ4n) is 2.12. The van der Waals surface area contributed by atoms with Crippen LogP contribution in [0.25, 0.3) is 0 Å². The Hall–Kier alpha value is -1.77. The van der Waals surface area contributed by atoms with Gasteiger partial charge in [0.15, 0.2) is 6.61 Å². The van der Waals surface area contributed by atoms with Crippen LogP contribution in [-0.2, 0) is 23.8 Å². The molecule has 1 fully saturated rings. The van der Waals surface area contributed by atoms with Crippen LogP contribution in [0.2, 0.25) is 0 Å². The van der Waals surface area contributed by atoms with Crippen molar-refractivity contribution in [2.75, 3.05) is 57.6 Å². The summed E-state index contributed by atoms with van der Waals surface area (Å²) in [7, 11) is 2.39. The second-order valence-corrected chi connectivity index (χ2v) is 7.59. The maximum atomic E-state index is 11.7. The topological polar surface area (TPSA) is 94.2 Å². The second kappa shape index (κ2) is 16.1. The lowest BCUT2D eigenvalue weighted by Crippen LogP contribution is -2.34. The molecule has 3 amide bonds. The Morgan fingerprint density at radius 1 is 1.21 bits per heavy atom. The SMILES string of the molecule is CC#CCNC(=O)OCC#CCSCCOCCOCCN1C(=O)CC(P)C1=O. The molecular weight excluding hydrogens is 415 g/mol. The van der Waals surface area contributed by atoms with E-state index in [4.69, 9.17) is 14.2 Å². The fourth-order valence-corrected chi connectivity index (χ4v) is 3.09. The molecule has 1 aliphatic heterocycles. The standard InChI is InChI=1S/C19H27N2O6PS/c1-2-3-6-20-19(24)27-8-4-5-13-29-14-12-26-11-10-25-9-7-21-17(22)15-16(28)18(21)23/h16H,6-15,28H2,1H3,(H,20,24). The van der Waals surface area contributed by atoms with Crippen molar-refractivity contribution in [1.29, 1.82) is 0 Å². The molecule has 2 atom stereocenters. The zero-order chi connectivity index (χ0) is 21.3. The van der Waals surface area contributed by atoms with Gasteiger partial charge in [-0.05, 0) is 6.92 Å². The number of ether oxygens (including phenoxy) is 3. The van der Waals surface area contributed by atoms with Crippen molar-refractivity contribution < 1.29 is 28.6 Å². The van der Waals surface area contributed by atoms with Gasteiger partial charge in [0.25, 0.3) is 0 Å². The molecule has 1 rings (SSSR count). The maximum absolute atomic E-state index is 11.7. The zero-order valence-electron chi connectivity index (χ0n) is 16.5. The molecule has 160 valence electrons. The van der Waals surface area contributed by atoms with Gasteiger partial charge in [-0.1, -0.05) is 17.8 Å². The van der Waals surface area contributed by atoms with Crippen molar-refractivity contribution in [3.05, 3.63) is 0 Å². The highest BCUT2D eigenvalue weighted by Crippen LogP contribution is 2.19. The van der Waals surface area contributed by atoms with Crippen molar-refractivity contribution in [2.24, 2.45) is 0 Å². The Kier molecular flexibility index (Phi) is 14.0. The highest BCUT2D eigenvalue weighted by molar-refractivity contribution is 7.99. The number of thioether (sulfide) groups is 1. The highest BCUT2D eigenvalue weighted by Gasteiger charge is 2.35. The van der Waals surface area contributed by atoms with Crippen LogP contribution in [0, 0.1) is 23.7 Å². The van der Waals surface area contributed by atoms with E-state index in [2.05, 4.69) is 38.2 Å². The summed E-state index contributed by atoms with van der Waals surface area (Å²) in [6, 6.07) is 0. The van der Waals surface area contributed by atoms with Crippen LogP contribution in [-0.4, -0.2) is 86.1 Å². The van der Waals surface area contributed by atoms with Gasteiger partial charge in [-0.3, -0.25) is 14.5 Å². The molecule has 10 heteroatoms. The molecule has 1 N–H and O–H groups in total. The predicted octanol–water partition coefficient (Wildman–Crippen LogP) is 0.508. The number of imide groups is 1. The van der Waals surface area contributed by atoms with E-state index in [9.17, 15) is 14.4 Å². The predicted molar refractivity (Wildman–Crippen MR) is 114 cm³/mol. The van der Waals surface area contributed by atoms with Gasteiger partial charge in [-0.15, -0.1) is 26.9 Å².